The van der Waals surface area contributed by atoms with E-state index < -0.39 is 0 Å². The molecule has 0 amide bonds. The summed E-state index contributed by atoms with van der Waals surface area (Å²) in [6.07, 6.45) is 2.28. The van der Waals surface area contributed by atoms with Crippen LogP contribution in [0.25, 0.3) is 0 Å². The molecule has 4 nitrogen and oxygen atoms in total. The first kappa shape index (κ1) is 18.2. The zero-order valence-corrected chi connectivity index (χ0v) is 16.5. The van der Waals surface area contributed by atoms with Gasteiger partial charge in [0.2, 0.25) is 0 Å². The average molecular weight is 367 g/mol. The maximum absolute atomic E-state index is 6.18. The fourth-order valence-electron chi connectivity index (χ4n) is 4.33. The molecule has 27 heavy (non-hydrogen) atoms. The summed E-state index contributed by atoms with van der Waals surface area (Å²) in [6, 6.07) is 13.3. The lowest BCUT2D eigenvalue weighted by Crippen LogP contribution is -2.29. The van der Waals surface area contributed by atoms with Crippen molar-refractivity contribution in [3.05, 3.63) is 53.1 Å². The highest BCUT2D eigenvalue weighted by atomic mass is 16.5. The van der Waals surface area contributed by atoms with Crippen molar-refractivity contribution in [3.8, 4) is 11.5 Å². The van der Waals surface area contributed by atoms with Crippen molar-refractivity contribution in [2.75, 3.05) is 25.1 Å². The van der Waals surface area contributed by atoms with Crippen molar-refractivity contribution >= 4 is 5.69 Å². The van der Waals surface area contributed by atoms with Crippen LogP contribution in [0.3, 0.4) is 0 Å². The van der Waals surface area contributed by atoms with Gasteiger partial charge in [-0.2, -0.15) is 0 Å². The van der Waals surface area contributed by atoms with Crippen LogP contribution >= 0.6 is 0 Å². The first-order valence-corrected chi connectivity index (χ1v) is 10.2. The van der Waals surface area contributed by atoms with E-state index in [-0.39, 0.29) is 12.1 Å². The van der Waals surface area contributed by atoms with Crippen LogP contribution in [0.5, 0.6) is 11.5 Å². The second-order valence-corrected chi connectivity index (χ2v) is 7.21. The molecular weight excluding hydrogens is 338 g/mol. The van der Waals surface area contributed by atoms with Crippen LogP contribution in [0.15, 0.2) is 36.4 Å². The van der Waals surface area contributed by atoms with Crippen LogP contribution in [0.1, 0.15) is 56.0 Å². The van der Waals surface area contributed by atoms with Gasteiger partial charge in [0.15, 0.2) is 11.5 Å². The maximum atomic E-state index is 6.18. The smallest absolute Gasteiger partial charge is 0.161 e. The standard InChI is InChI=1S/C23H29NO3/c1-4-15-7-9-19-18(13-15)23-17(11-12-27-23)22(24-19)16-8-10-20(25-5-2)21(14-16)26-6-3/h7-10,13-14,17,22-24H,4-6,11-12H2,1-3H3/t17-,22+,23-/m0/s1. The van der Waals surface area contributed by atoms with Gasteiger partial charge in [-0.25, -0.2) is 0 Å². The average Bonchev–Trinajstić information content (AvgIpc) is 3.19. The second kappa shape index (κ2) is 7.81. The molecule has 2 aliphatic heterocycles. The van der Waals surface area contributed by atoms with Crippen LogP contribution in [-0.4, -0.2) is 19.8 Å². The largest absolute Gasteiger partial charge is 0.490 e. The minimum Gasteiger partial charge on any atom is -0.490 e. The zero-order valence-electron chi connectivity index (χ0n) is 16.5. The van der Waals surface area contributed by atoms with E-state index in [1.807, 2.05) is 19.9 Å². The summed E-state index contributed by atoms with van der Waals surface area (Å²) in [5.41, 5.74) is 5.09. The van der Waals surface area contributed by atoms with Gasteiger partial charge in [-0.15, -0.1) is 0 Å². The molecule has 2 aromatic rings. The molecule has 0 saturated carbocycles. The number of hydrogen-bond acceptors (Lipinski definition) is 4. The Bertz CT molecular complexity index is 804. The van der Waals surface area contributed by atoms with Gasteiger partial charge in [0.25, 0.3) is 0 Å². The monoisotopic (exact) mass is 367 g/mol. The summed E-state index contributed by atoms with van der Waals surface area (Å²) in [4.78, 5) is 0. The molecule has 2 heterocycles. The minimum atomic E-state index is 0.167. The lowest BCUT2D eigenvalue weighted by molar-refractivity contribution is 0.0828. The van der Waals surface area contributed by atoms with Crippen molar-refractivity contribution in [1.29, 1.82) is 0 Å². The molecule has 1 saturated heterocycles. The van der Waals surface area contributed by atoms with Gasteiger partial charge in [-0.1, -0.05) is 25.1 Å². The van der Waals surface area contributed by atoms with E-state index in [0.717, 1.165) is 30.9 Å². The van der Waals surface area contributed by atoms with Gasteiger partial charge in [0.05, 0.1) is 25.4 Å². The van der Waals surface area contributed by atoms with Crippen molar-refractivity contribution in [2.45, 2.75) is 45.8 Å². The van der Waals surface area contributed by atoms with Crippen LogP contribution in [0.4, 0.5) is 5.69 Å². The second-order valence-electron chi connectivity index (χ2n) is 7.21. The molecule has 4 heteroatoms. The Balaban J connectivity index is 1.70. The summed E-state index contributed by atoms with van der Waals surface area (Å²) in [7, 11) is 0. The number of nitrogens with one attached hydrogen (secondary N) is 1. The molecule has 1 fully saturated rings. The Morgan fingerprint density at radius 3 is 2.59 bits per heavy atom. The molecule has 0 radical (unpaired) electrons. The number of aryl methyl sites for hydroxylation is 1. The van der Waals surface area contributed by atoms with Gasteiger partial charge in [0.1, 0.15) is 0 Å². The van der Waals surface area contributed by atoms with Crippen molar-refractivity contribution in [3.63, 3.8) is 0 Å². The summed E-state index contributed by atoms with van der Waals surface area (Å²) in [6.45, 7) is 8.27. The highest BCUT2D eigenvalue weighted by Gasteiger charge is 2.41. The number of ether oxygens (including phenoxy) is 3. The summed E-state index contributed by atoms with van der Waals surface area (Å²) in [5.74, 6) is 2.06. The number of benzene rings is 2. The Labute approximate surface area is 161 Å². The van der Waals surface area contributed by atoms with Gasteiger partial charge >= 0.3 is 0 Å². The fourth-order valence-corrected chi connectivity index (χ4v) is 4.33. The van der Waals surface area contributed by atoms with Crippen molar-refractivity contribution in [2.24, 2.45) is 5.92 Å². The Hall–Kier alpha value is -2.20. The fraction of sp³-hybridized carbons (Fsp3) is 0.478. The van der Waals surface area contributed by atoms with Crippen molar-refractivity contribution < 1.29 is 14.2 Å². The molecule has 2 aromatic carbocycles. The van der Waals surface area contributed by atoms with Gasteiger partial charge in [-0.05, 0) is 56.0 Å². The molecule has 0 bridgehead atoms. The number of fused-ring (bicyclic) bond motifs is 3. The lowest BCUT2D eigenvalue weighted by Gasteiger charge is -2.37. The molecule has 0 spiro atoms. The van der Waals surface area contributed by atoms with E-state index in [4.69, 9.17) is 14.2 Å². The third-order valence-electron chi connectivity index (χ3n) is 5.63. The van der Waals surface area contributed by atoms with Crippen molar-refractivity contribution in [1.82, 2.24) is 0 Å². The minimum absolute atomic E-state index is 0.167. The lowest BCUT2D eigenvalue weighted by atomic mass is 9.80. The molecule has 0 unspecified atom stereocenters. The normalized spacial score (nSPS) is 23.3. The molecular formula is C23H29NO3. The Kier molecular flexibility index (Phi) is 5.26. The van der Waals surface area contributed by atoms with Crippen LogP contribution in [0.2, 0.25) is 0 Å². The number of rotatable bonds is 6. The molecule has 0 aromatic heterocycles. The predicted molar refractivity (Wildman–Crippen MR) is 108 cm³/mol. The summed E-state index contributed by atoms with van der Waals surface area (Å²) in [5, 5.41) is 3.78. The molecule has 2 aliphatic rings. The Morgan fingerprint density at radius 2 is 1.81 bits per heavy atom. The topological polar surface area (TPSA) is 39.7 Å². The quantitative estimate of drug-likeness (QED) is 0.753. The summed E-state index contributed by atoms with van der Waals surface area (Å²) >= 11 is 0. The molecule has 4 rings (SSSR count). The first-order chi connectivity index (χ1) is 13.2. The van der Waals surface area contributed by atoms with E-state index in [1.165, 1.54) is 22.4 Å². The third kappa shape index (κ3) is 3.39. The van der Waals surface area contributed by atoms with E-state index in [2.05, 4.69) is 42.6 Å². The SMILES string of the molecule is CCOc1ccc([C@H]2Nc3ccc(CC)cc3[C@H]3OCC[C@@H]23)cc1OCC. The maximum Gasteiger partial charge on any atom is 0.161 e. The van der Waals surface area contributed by atoms with Crippen LogP contribution in [-0.2, 0) is 11.2 Å². The number of anilines is 1. The predicted octanol–water partition coefficient (Wildman–Crippen LogP) is 5.29. The van der Waals surface area contributed by atoms with Crippen LogP contribution < -0.4 is 14.8 Å². The molecule has 3 atom stereocenters. The third-order valence-corrected chi connectivity index (χ3v) is 5.63. The van der Waals surface area contributed by atoms with E-state index in [1.54, 1.807) is 0 Å². The molecule has 1 N–H and O–H groups in total. The molecule has 0 aliphatic carbocycles. The highest BCUT2D eigenvalue weighted by Crippen LogP contribution is 2.50. The van der Waals surface area contributed by atoms with Gasteiger partial charge < -0.3 is 19.5 Å². The van der Waals surface area contributed by atoms with E-state index in [9.17, 15) is 0 Å². The Morgan fingerprint density at radius 1 is 1.00 bits per heavy atom. The summed E-state index contributed by atoms with van der Waals surface area (Å²) < 4.78 is 17.8. The molecule has 144 valence electrons. The number of hydrogen-bond donors (Lipinski definition) is 1. The zero-order chi connectivity index (χ0) is 18.8. The van der Waals surface area contributed by atoms with Crippen LogP contribution in [0, 0.1) is 5.92 Å². The van der Waals surface area contributed by atoms with Gasteiger partial charge in [0, 0.05) is 23.8 Å². The first-order valence-electron chi connectivity index (χ1n) is 10.2. The van der Waals surface area contributed by atoms with E-state index in [0.29, 0.717) is 19.1 Å². The van der Waals surface area contributed by atoms with E-state index >= 15 is 0 Å². The highest BCUT2D eigenvalue weighted by molar-refractivity contribution is 5.59. The van der Waals surface area contributed by atoms with Gasteiger partial charge in [-0.3, -0.25) is 0 Å².